The fourth-order valence-electron chi connectivity index (χ4n) is 6.38. The Morgan fingerprint density at radius 1 is 0.739 bits per heavy atom. The number of likely N-dealkylation sites (N-methyl/N-ethyl adjacent to an activating group) is 1. The number of nitrogens with one attached hydrogen (secondary N) is 4. The minimum atomic E-state index is -0.604. The molecule has 0 aliphatic carbocycles. The molecule has 6 amide bonds. The predicted molar refractivity (Wildman–Crippen MR) is 247 cm³/mol. The van der Waals surface area contributed by atoms with Gasteiger partial charge in [-0.15, -0.1) is 0 Å². The molecule has 0 spiro atoms. The molecule has 0 radical (unpaired) electrons. The topological polar surface area (TPSA) is 319 Å². The van der Waals surface area contributed by atoms with Gasteiger partial charge in [0.25, 0.3) is 0 Å². The van der Waals surface area contributed by atoms with Crippen molar-refractivity contribution in [1.29, 1.82) is 10.5 Å². The smallest absolute Gasteiger partial charge is 0.329 e. The summed E-state index contributed by atoms with van der Waals surface area (Å²) in [6.07, 6.45) is 6.67. The van der Waals surface area contributed by atoms with Crippen molar-refractivity contribution in [3.63, 3.8) is 0 Å². The molecule has 4 N–H and O–H groups in total. The Balaban J connectivity index is 0.000000258. The number of aldehydes is 2. The SMILES string of the molecule is COCCNc1cc(NC(=O)N(C)c2ncc(CN3CCN(C)CC3=O)c(C=O)n2)ncc1C#N.COCCNc1cc(NC(=O)N(C)c2ncc(CN3CCOCC3=O)c(C=O)n2)ncc1C#N. The molecule has 2 aliphatic rings. The Morgan fingerprint density at radius 3 is 1.64 bits per heavy atom. The molecule has 6 rings (SSSR count). The van der Waals surface area contributed by atoms with Gasteiger partial charge in [0.05, 0.1) is 48.9 Å². The van der Waals surface area contributed by atoms with E-state index in [4.69, 9.17) is 14.2 Å². The van der Waals surface area contributed by atoms with E-state index < -0.39 is 12.1 Å². The minimum Gasteiger partial charge on any atom is -0.383 e. The summed E-state index contributed by atoms with van der Waals surface area (Å²) in [5.74, 6) is 0.182. The van der Waals surface area contributed by atoms with Crippen molar-refractivity contribution in [2.45, 2.75) is 13.1 Å². The predicted octanol–water partition coefficient (Wildman–Crippen LogP) is 1.20. The molecule has 0 unspecified atom stereocenters. The van der Waals surface area contributed by atoms with E-state index in [0.717, 1.165) is 16.3 Å². The highest BCUT2D eigenvalue weighted by Gasteiger charge is 2.25. The van der Waals surface area contributed by atoms with Crippen LogP contribution in [0, 0.1) is 22.7 Å². The van der Waals surface area contributed by atoms with E-state index in [-0.39, 0.29) is 66.4 Å². The maximum absolute atomic E-state index is 12.8. The van der Waals surface area contributed by atoms with Crippen molar-refractivity contribution < 1.29 is 43.0 Å². The first kappa shape index (κ1) is 51.7. The first-order valence-electron chi connectivity index (χ1n) is 21.1. The molecule has 6 heterocycles. The quantitative estimate of drug-likeness (QED) is 0.0804. The van der Waals surface area contributed by atoms with Crippen LogP contribution in [0.3, 0.4) is 0 Å². The number of urea groups is 2. The third kappa shape index (κ3) is 14.3. The van der Waals surface area contributed by atoms with E-state index in [0.29, 0.717) is 98.7 Å². The molecular formula is C43H51N17O9. The lowest BCUT2D eigenvalue weighted by Gasteiger charge is -2.32. The molecule has 4 aromatic heterocycles. The zero-order chi connectivity index (χ0) is 49.9. The van der Waals surface area contributed by atoms with Gasteiger partial charge in [-0.25, -0.2) is 39.5 Å². The van der Waals surface area contributed by atoms with Gasteiger partial charge in [-0.05, 0) is 7.05 Å². The number of ether oxygens (including phenoxy) is 3. The second-order valence-corrected chi connectivity index (χ2v) is 15.1. The Bertz CT molecular complexity index is 2590. The van der Waals surface area contributed by atoms with E-state index in [2.05, 4.69) is 51.2 Å². The number of nitrogens with zero attached hydrogens (tertiary/aromatic N) is 13. The summed E-state index contributed by atoms with van der Waals surface area (Å²) in [6, 6.07) is 5.93. The Kier molecular flexibility index (Phi) is 19.1. The first-order valence-corrected chi connectivity index (χ1v) is 21.1. The molecule has 26 heteroatoms. The van der Waals surface area contributed by atoms with Gasteiger partial charge < -0.3 is 34.6 Å². The van der Waals surface area contributed by atoms with Crippen molar-refractivity contribution in [3.05, 3.63) is 70.6 Å². The molecule has 0 saturated carbocycles. The third-order valence-electron chi connectivity index (χ3n) is 10.3. The number of methoxy groups -OCH3 is 2. The molecular weight excluding hydrogens is 899 g/mol. The molecule has 26 nitrogen and oxygen atoms in total. The number of morpholine rings is 1. The van der Waals surface area contributed by atoms with Gasteiger partial charge in [0.1, 0.15) is 41.8 Å². The lowest BCUT2D eigenvalue weighted by molar-refractivity contribution is -0.143. The average molecular weight is 950 g/mol. The van der Waals surface area contributed by atoms with Crippen LogP contribution in [0.1, 0.15) is 43.2 Å². The number of carbonyl (C=O) groups excluding carboxylic acids is 6. The van der Waals surface area contributed by atoms with Gasteiger partial charge in [-0.3, -0.25) is 44.5 Å². The maximum Gasteiger partial charge on any atom is 0.329 e. The first-order chi connectivity index (χ1) is 33.3. The highest BCUT2D eigenvalue weighted by Crippen LogP contribution is 2.21. The number of anilines is 6. The molecule has 69 heavy (non-hydrogen) atoms. The molecule has 0 aromatic carbocycles. The summed E-state index contributed by atoms with van der Waals surface area (Å²) in [4.78, 5) is 105. The molecule has 0 bridgehead atoms. The minimum absolute atomic E-state index is 0.00476. The highest BCUT2D eigenvalue weighted by atomic mass is 16.5. The van der Waals surface area contributed by atoms with Gasteiger partial charge in [-0.1, -0.05) is 0 Å². The van der Waals surface area contributed by atoms with Crippen LogP contribution in [0.25, 0.3) is 0 Å². The molecule has 2 fully saturated rings. The zero-order valence-electron chi connectivity index (χ0n) is 38.6. The second kappa shape index (κ2) is 25.6. The molecule has 2 saturated heterocycles. The van der Waals surface area contributed by atoms with Crippen molar-refractivity contribution in [2.75, 3.05) is 132 Å². The largest absolute Gasteiger partial charge is 0.383 e. The van der Waals surface area contributed by atoms with E-state index in [1.807, 2.05) is 24.1 Å². The molecule has 4 aromatic rings. The molecule has 2 aliphatic heterocycles. The van der Waals surface area contributed by atoms with Gasteiger partial charge in [0.2, 0.25) is 23.7 Å². The van der Waals surface area contributed by atoms with Crippen LogP contribution in [0.5, 0.6) is 0 Å². The van der Waals surface area contributed by atoms with Crippen LogP contribution in [0.4, 0.5) is 44.5 Å². The summed E-state index contributed by atoms with van der Waals surface area (Å²) in [7, 11) is 7.89. The van der Waals surface area contributed by atoms with Gasteiger partial charge in [0, 0.05) is 122 Å². The summed E-state index contributed by atoms with van der Waals surface area (Å²) >= 11 is 0. The van der Waals surface area contributed by atoms with Crippen LogP contribution in [0.15, 0.2) is 36.9 Å². The van der Waals surface area contributed by atoms with Crippen LogP contribution < -0.4 is 31.1 Å². The van der Waals surface area contributed by atoms with Crippen LogP contribution in [-0.2, 0) is 36.9 Å². The fourth-order valence-corrected chi connectivity index (χ4v) is 6.38. The van der Waals surface area contributed by atoms with Crippen molar-refractivity contribution in [3.8, 4) is 12.1 Å². The number of hydrogen-bond donors (Lipinski definition) is 4. The summed E-state index contributed by atoms with van der Waals surface area (Å²) in [5, 5.41) is 29.8. The Morgan fingerprint density at radius 2 is 1.22 bits per heavy atom. The summed E-state index contributed by atoms with van der Waals surface area (Å²) in [6.45, 7) is 4.58. The number of amides is 6. The number of rotatable bonds is 18. The summed E-state index contributed by atoms with van der Waals surface area (Å²) < 4.78 is 15.1. The van der Waals surface area contributed by atoms with Crippen molar-refractivity contribution in [1.82, 2.24) is 44.6 Å². The van der Waals surface area contributed by atoms with Gasteiger partial charge >= 0.3 is 12.1 Å². The normalized spacial score (nSPS) is 13.5. The van der Waals surface area contributed by atoms with E-state index in [9.17, 15) is 39.3 Å². The van der Waals surface area contributed by atoms with Crippen molar-refractivity contribution >= 4 is 71.4 Å². The lowest BCUT2D eigenvalue weighted by Crippen LogP contribution is -2.48. The van der Waals surface area contributed by atoms with Gasteiger partial charge in [-0.2, -0.15) is 10.5 Å². The Hall–Kier alpha value is -8.30. The third-order valence-corrected chi connectivity index (χ3v) is 10.3. The fraction of sp³-hybridized carbons (Fsp3) is 0.395. The van der Waals surface area contributed by atoms with Crippen LogP contribution >= 0.6 is 0 Å². The zero-order valence-corrected chi connectivity index (χ0v) is 38.6. The van der Waals surface area contributed by atoms with E-state index in [1.54, 1.807) is 24.0 Å². The standard InChI is InChI=1S/C22H27N9O4.C21H24N8O5/c1-29-5-6-31(20(33)13-29)12-16-11-26-21(27-18(16)14-32)30(2)22(34)28-19-8-17(24-4-7-35-3)15(9-23)10-25-19;1-28(21(32)27-18-7-16(23-3-5-33-2)14(8-22)9-24-18)20-25-10-15(17(12-30)26-20)11-29-4-6-34-13-19(29)31/h8,10-11,14H,4-7,12-13H2,1-3H3,(H2,24,25,28,34);7,9-10,12H,3-6,11,13H2,1-2H3,(H2,23,24,27,32). The number of pyridine rings is 2. The monoisotopic (exact) mass is 949 g/mol. The number of hydrogen-bond acceptors (Lipinski definition) is 20. The molecule has 0 atom stereocenters. The van der Waals surface area contributed by atoms with E-state index in [1.165, 1.54) is 51.0 Å². The van der Waals surface area contributed by atoms with Crippen molar-refractivity contribution in [2.24, 2.45) is 0 Å². The van der Waals surface area contributed by atoms with Crippen LogP contribution in [-0.4, -0.2) is 182 Å². The van der Waals surface area contributed by atoms with Crippen LogP contribution in [0.2, 0.25) is 0 Å². The molecule has 362 valence electrons. The van der Waals surface area contributed by atoms with E-state index >= 15 is 0 Å². The average Bonchev–Trinajstić information content (AvgIpc) is 3.35. The summed E-state index contributed by atoms with van der Waals surface area (Å²) in [5.41, 5.74) is 2.76. The maximum atomic E-state index is 12.8. The Labute approximate surface area is 396 Å². The lowest BCUT2D eigenvalue weighted by atomic mass is 10.2. The second-order valence-electron chi connectivity index (χ2n) is 15.1. The number of nitriles is 2. The highest BCUT2D eigenvalue weighted by molar-refractivity contribution is 6.01. The number of carbonyl (C=O) groups is 6. The number of piperazine rings is 1. The van der Waals surface area contributed by atoms with Gasteiger partial charge in [0.15, 0.2) is 12.6 Å². The number of aromatic nitrogens is 6.